The van der Waals surface area contributed by atoms with Gasteiger partial charge in [-0.05, 0) is 12.8 Å². The molecule has 0 radical (unpaired) electrons. The molecule has 0 atom stereocenters. The van der Waals surface area contributed by atoms with Gasteiger partial charge >= 0.3 is 18.1 Å². The van der Waals surface area contributed by atoms with E-state index < -0.39 is 18.1 Å². The van der Waals surface area contributed by atoms with Crippen LogP contribution >= 0.6 is 0 Å². The zero-order chi connectivity index (χ0) is 12.5. The van der Waals surface area contributed by atoms with Crippen LogP contribution in [0, 0.1) is 0 Å². The first-order chi connectivity index (χ1) is 7.96. The third kappa shape index (κ3) is 2.34. The van der Waals surface area contributed by atoms with Crippen LogP contribution in [0.15, 0.2) is 0 Å². The van der Waals surface area contributed by atoms with Crippen molar-refractivity contribution in [2.45, 2.75) is 12.8 Å². The SMILES string of the molecule is O=S(=O)(N1CCCC1)S(=O)(=O)N1CCOCC1. The van der Waals surface area contributed by atoms with Gasteiger partial charge < -0.3 is 4.74 Å². The first-order valence-corrected chi connectivity index (χ1v) is 8.94. The second-order valence-electron chi connectivity index (χ2n) is 4.03. The van der Waals surface area contributed by atoms with Crippen molar-refractivity contribution in [2.75, 3.05) is 39.4 Å². The molecule has 0 spiro atoms. The molecule has 2 aliphatic rings. The Labute approximate surface area is 101 Å². The molecule has 0 aromatic rings. The van der Waals surface area contributed by atoms with Crippen LogP contribution in [0.2, 0.25) is 0 Å². The minimum absolute atomic E-state index is 0.107. The first-order valence-electron chi connectivity index (χ1n) is 5.54. The van der Waals surface area contributed by atoms with E-state index in [0.29, 0.717) is 13.1 Å². The molecule has 0 aromatic carbocycles. The Morgan fingerprint density at radius 3 is 1.59 bits per heavy atom. The Morgan fingerprint density at radius 2 is 1.12 bits per heavy atom. The van der Waals surface area contributed by atoms with Gasteiger partial charge in [-0.25, -0.2) is 0 Å². The summed E-state index contributed by atoms with van der Waals surface area (Å²) in [4.78, 5) is 0. The average Bonchev–Trinajstić information content (AvgIpc) is 2.84. The topological polar surface area (TPSA) is 84.0 Å². The van der Waals surface area contributed by atoms with E-state index in [1.165, 1.54) is 0 Å². The lowest BCUT2D eigenvalue weighted by Gasteiger charge is -2.27. The van der Waals surface area contributed by atoms with Gasteiger partial charge in [-0.3, -0.25) is 0 Å². The van der Waals surface area contributed by atoms with Crippen molar-refractivity contribution in [3.05, 3.63) is 0 Å². The van der Waals surface area contributed by atoms with E-state index in [-0.39, 0.29) is 26.3 Å². The molecule has 7 nitrogen and oxygen atoms in total. The smallest absolute Gasteiger partial charge is 0.334 e. The molecule has 2 fully saturated rings. The summed E-state index contributed by atoms with van der Waals surface area (Å²) < 4.78 is 55.2. The number of hydrogen-bond donors (Lipinski definition) is 0. The summed E-state index contributed by atoms with van der Waals surface area (Å²) in [7, 11) is -8.56. The molecule has 2 aliphatic heterocycles. The summed E-state index contributed by atoms with van der Waals surface area (Å²) in [6.07, 6.45) is 1.44. The van der Waals surface area contributed by atoms with Crippen molar-refractivity contribution in [3.8, 4) is 0 Å². The van der Waals surface area contributed by atoms with Crippen LogP contribution in [0.5, 0.6) is 0 Å². The monoisotopic (exact) mass is 284 g/mol. The Kier molecular flexibility index (Phi) is 3.74. The van der Waals surface area contributed by atoms with Crippen LogP contribution in [0.3, 0.4) is 0 Å². The zero-order valence-corrected chi connectivity index (χ0v) is 11.0. The van der Waals surface area contributed by atoms with Gasteiger partial charge in [-0.2, -0.15) is 25.4 Å². The van der Waals surface area contributed by atoms with Gasteiger partial charge in [-0.1, -0.05) is 0 Å². The summed E-state index contributed by atoms with van der Waals surface area (Å²) >= 11 is 0. The van der Waals surface area contributed by atoms with Crippen LogP contribution in [-0.2, 0) is 22.8 Å². The molecule has 100 valence electrons. The molecule has 2 rings (SSSR count). The van der Waals surface area contributed by atoms with E-state index in [4.69, 9.17) is 4.74 Å². The first kappa shape index (κ1) is 13.2. The van der Waals surface area contributed by atoms with Crippen LogP contribution in [0.1, 0.15) is 12.8 Å². The van der Waals surface area contributed by atoms with Crippen LogP contribution < -0.4 is 0 Å². The molecular weight excluding hydrogens is 268 g/mol. The number of hydrogen-bond acceptors (Lipinski definition) is 5. The van der Waals surface area contributed by atoms with Crippen LogP contribution in [0.4, 0.5) is 0 Å². The quantitative estimate of drug-likeness (QED) is 0.620. The van der Waals surface area contributed by atoms with Gasteiger partial charge in [0.2, 0.25) is 0 Å². The lowest BCUT2D eigenvalue weighted by atomic mass is 10.4. The summed E-state index contributed by atoms with van der Waals surface area (Å²) in [5.41, 5.74) is 0. The normalized spacial score (nSPS) is 25.2. The highest BCUT2D eigenvalue weighted by Crippen LogP contribution is 2.21. The molecular formula is C8H16N2O5S2. The molecule has 0 aliphatic carbocycles. The maximum absolute atomic E-state index is 12.0. The number of nitrogens with zero attached hydrogens (tertiary/aromatic N) is 2. The molecule has 0 bridgehead atoms. The molecule has 2 saturated heterocycles. The van der Waals surface area contributed by atoms with Crippen molar-refractivity contribution < 1.29 is 21.6 Å². The lowest BCUT2D eigenvalue weighted by molar-refractivity contribution is 0.0739. The summed E-state index contributed by atoms with van der Waals surface area (Å²) in [6.45, 7) is 1.30. The summed E-state index contributed by atoms with van der Waals surface area (Å²) in [5, 5.41) is 0. The standard InChI is InChI=1S/C8H16N2O5S2/c11-16(12,9-3-1-2-4-9)17(13,14)10-5-7-15-8-6-10/h1-8H2. The molecule has 0 amide bonds. The molecule has 0 saturated carbocycles. The summed E-state index contributed by atoms with van der Waals surface area (Å²) in [5.74, 6) is 0. The third-order valence-corrected chi connectivity index (χ3v) is 8.32. The van der Waals surface area contributed by atoms with Crippen LogP contribution in [-0.4, -0.2) is 64.8 Å². The molecule has 0 aromatic heterocycles. The maximum atomic E-state index is 12.0. The van der Waals surface area contributed by atoms with Gasteiger partial charge in [0, 0.05) is 26.2 Å². The van der Waals surface area contributed by atoms with Crippen LogP contribution in [0.25, 0.3) is 0 Å². The molecule has 0 N–H and O–H groups in total. The van der Waals surface area contributed by atoms with Gasteiger partial charge in [0.25, 0.3) is 0 Å². The van der Waals surface area contributed by atoms with Crippen molar-refractivity contribution in [3.63, 3.8) is 0 Å². The van der Waals surface area contributed by atoms with E-state index in [2.05, 4.69) is 0 Å². The molecule has 17 heavy (non-hydrogen) atoms. The highest BCUT2D eigenvalue weighted by Gasteiger charge is 2.42. The second-order valence-corrected chi connectivity index (χ2v) is 9.30. The minimum Gasteiger partial charge on any atom is -0.379 e. The Hall–Kier alpha value is -0.220. The molecule has 9 heteroatoms. The molecule has 0 unspecified atom stereocenters. The summed E-state index contributed by atoms with van der Waals surface area (Å²) in [6, 6.07) is 0. The van der Waals surface area contributed by atoms with E-state index in [0.717, 1.165) is 21.5 Å². The van der Waals surface area contributed by atoms with Crippen molar-refractivity contribution in [2.24, 2.45) is 0 Å². The van der Waals surface area contributed by atoms with Gasteiger partial charge in [-0.15, -0.1) is 0 Å². The zero-order valence-electron chi connectivity index (χ0n) is 9.41. The number of morpholine rings is 1. The highest BCUT2D eigenvalue weighted by molar-refractivity contribution is 8.65. The average molecular weight is 284 g/mol. The predicted molar refractivity (Wildman–Crippen MR) is 61.0 cm³/mol. The van der Waals surface area contributed by atoms with E-state index in [9.17, 15) is 16.8 Å². The van der Waals surface area contributed by atoms with Crippen molar-refractivity contribution in [1.29, 1.82) is 0 Å². The lowest BCUT2D eigenvalue weighted by Crippen LogP contribution is -2.47. The van der Waals surface area contributed by atoms with E-state index >= 15 is 0 Å². The van der Waals surface area contributed by atoms with E-state index in [1.807, 2.05) is 0 Å². The fraction of sp³-hybridized carbons (Fsp3) is 1.00. The van der Waals surface area contributed by atoms with Gasteiger partial charge in [0.15, 0.2) is 0 Å². The van der Waals surface area contributed by atoms with E-state index in [1.54, 1.807) is 0 Å². The Balaban J connectivity index is 2.24. The van der Waals surface area contributed by atoms with Gasteiger partial charge in [0.05, 0.1) is 13.2 Å². The maximum Gasteiger partial charge on any atom is 0.334 e. The Morgan fingerprint density at radius 1 is 0.706 bits per heavy atom. The predicted octanol–water partition coefficient (Wildman–Crippen LogP) is -1.01. The highest BCUT2D eigenvalue weighted by atomic mass is 33.2. The fourth-order valence-corrected chi connectivity index (χ4v) is 6.28. The van der Waals surface area contributed by atoms with Crippen molar-refractivity contribution in [1.82, 2.24) is 8.61 Å². The number of ether oxygens (including phenoxy) is 1. The minimum atomic E-state index is -4.29. The third-order valence-electron chi connectivity index (χ3n) is 2.93. The number of rotatable bonds is 3. The Bertz CT molecular complexity index is 460. The van der Waals surface area contributed by atoms with Crippen molar-refractivity contribution >= 4 is 18.1 Å². The van der Waals surface area contributed by atoms with Gasteiger partial charge in [0.1, 0.15) is 0 Å². The molecule has 2 heterocycles. The second kappa shape index (κ2) is 4.81. The largest absolute Gasteiger partial charge is 0.379 e. The fourth-order valence-electron chi connectivity index (χ4n) is 1.95.